The van der Waals surface area contributed by atoms with Gasteiger partial charge >= 0.3 is 0 Å². The van der Waals surface area contributed by atoms with Gasteiger partial charge < -0.3 is 20.3 Å². The van der Waals surface area contributed by atoms with Crippen molar-refractivity contribution >= 4 is 0 Å². The number of aliphatic hydroxyl groups is 1. The Bertz CT molecular complexity index is 104. The van der Waals surface area contributed by atoms with Gasteiger partial charge in [0.25, 0.3) is 0 Å². The predicted molar refractivity (Wildman–Crippen MR) is 40.2 cm³/mol. The highest BCUT2D eigenvalue weighted by atomic mass is 16.6. The highest BCUT2D eigenvalue weighted by Gasteiger charge is 2.16. The minimum Gasteiger partial charge on any atom is -0.395 e. The Morgan fingerprint density at radius 3 is 2.91 bits per heavy atom. The third-order valence-corrected chi connectivity index (χ3v) is 1.69. The number of hydrogen-bond acceptors (Lipinski definition) is 4. The average molecular weight is 161 g/mol. The maximum atomic E-state index is 8.64. The lowest BCUT2D eigenvalue weighted by atomic mass is 10.1. The second-order valence-electron chi connectivity index (χ2n) is 2.75. The summed E-state index contributed by atoms with van der Waals surface area (Å²) >= 11 is 0. The van der Waals surface area contributed by atoms with Crippen LogP contribution in [0.1, 0.15) is 6.42 Å². The Kier molecular flexibility index (Phi) is 3.79. The zero-order chi connectivity index (χ0) is 8.10. The maximum Gasteiger partial charge on any atom is 0.0825 e. The predicted octanol–water partition coefficient (Wildman–Crippen LogP) is -0.889. The summed E-state index contributed by atoms with van der Waals surface area (Å²) in [5.74, 6) is 0. The van der Waals surface area contributed by atoms with Crippen LogP contribution in [0.2, 0.25) is 0 Å². The van der Waals surface area contributed by atoms with Gasteiger partial charge in [-0.2, -0.15) is 0 Å². The van der Waals surface area contributed by atoms with E-state index in [0.717, 1.165) is 0 Å². The molecular weight excluding hydrogens is 146 g/mol. The number of hydrogen-bond donors (Lipinski definition) is 2. The molecule has 0 aliphatic carbocycles. The lowest BCUT2D eigenvalue weighted by Gasteiger charge is -2.24. The fourth-order valence-electron chi connectivity index (χ4n) is 1.08. The fraction of sp³-hybridized carbons (Fsp3) is 1.00. The Labute approximate surface area is 66.3 Å². The Morgan fingerprint density at radius 1 is 1.55 bits per heavy atom. The third-order valence-electron chi connectivity index (χ3n) is 1.69. The lowest BCUT2D eigenvalue weighted by molar-refractivity contribution is -0.0936. The highest BCUT2D eigenvalue weighted by Crippen LogP contribution is 2.06. The first-order valence-electron chi connectivity index (χ1n) is 3.88. The molecule has 1 aliphatic heterocycles. The Morgan fingerprint density at radius 2 is 2.36 bits per heavy atom. The van der Waals surface area contributed by atoms with Crippen molar-refractivity contribution in [2.45, 2.75) is 18.6 Å². The standard InChI is InChI=1S/C7H15NO3/c8-6(4-9)3-7-5-10-1-2-11-7/h6-7,9H,1-5,8H2. The molecule has 1 aliphatic rings. The summed E-state index contributed by atoms with van der Waals surface area (Å²) in [7, 11) is 0. The van der Waals surface area contributed by atoms with Gasteiger partial charge in [-0.05, 0) is 6.42 Å². The first-order valence-corrected chi connectivity index (χ1v) is 3.88. The molecule has 1 rings (SSSR count). The summed E-state index contributed by atoms with van der Waals surface area (Å²) < 4.78 is 10.5. The van der Waals surface area contributed by atoms with Crippen LogP contribution in [0.15, 0.2) is 0 Å². The van der Waals surface area contributed by atoms with Crippen LogP contribution in [0.3, 0.4) is 0 Å². The van der Waals surface area contributed by atoms with E-state index in [1.165, 1.54) is 0 Å². The van der Waals surface area contributed by atoms with E-state index in [9.17, 15) is 0 Å². The monoisotopic (exact) mass is 161 g/mol. The maximum absolute atomic E-state index is 8.64. The van der Waals surface area contributed by atoms with Crippen LogP contribution >= 0.6 is 0 Å². The third kappa shape index (κ3) is 3.16. The zero-order valence-corrected chi connectivity index (χ0v) is 6.53. The number of nitrogens with two attached hydrogens (primary N) is 1. The molecule has 0 aromatic heterocycles. The summed E-state index contributed by atoms with van der Waals surface area (Å²) in [5, 5.41) is 8.64. The zero-order valence-electron chi connectivity index (χ0n) is 6.53. The van der Waals surface area contributed by atoms with Crippen LogP contribution in [0.4, 0.5) is 0 Å². The van der Waals surface area contributed by atoms with Gasteiger partial charge in [-0.1, -0.05) is 0 Å². The molecule has 0 aromatic rings. The molecule has 11 heavy (non-hydrogen) atoms. The molecule has 4 heteroatoms. The topological polar surface area (TPSA) is 64.7 Å². The van der Waals surface area contributed by atoms with Crippen molar-refractivity contribution in [2.75, 3.05) is 26.4 Å². The minimum absolute atomic E-state index is 0.0137. The van der Waals surface area contributed by atoms with Crippen molar-refractivity contribution in [3.05, 3.63) is 0 Å². The molecule has 4 nitrogen and oxygen atoms in total. The average Bonchev–Trinajstić information content (AvgIpc) is 2.06. The minimum atomic E-state index is -0.179. The van der Waals surface area contributed by atoms with Crippen LogP contribution in [0.25, 0.3) is 0 Å². The molecule has 1 saturated heterocycles. The molecule has 0 spiro atoms. The molecule has 1 heterocycles. The quantitative estimate of drug-likeness (QED) is 0.563. The van der Waals surface area contributed by atoms with Crippen molar-refractivity contribution in [3.63, 3.8) is 0 Å². The molecule has 2 atom stereocenters. The van der Waals surface area contributed by atoms with E-state index < -0.39 is 0 Å². The van der Waals surface area contributed by atoms with E-state index in [1.54, 1.807) is 0 Å². The molecule has 0 radical (unpaired) electrons. The molecule has 66 valence electrons. The SMILES string of the molecule is NC(CO)CC1COCCO1. The molecule has 2 unspecified atom stereocenters. The number of aliphatic hydroxyl groups excluding tert-OH is 1. The highest BCUT2D eigenvalue weighted by molar-refractivity contribution is 4.69. The second-order valence-corrected chi connectivity index (χ2v) is 2.75. The van der Waals surface area contributed by atoms with E-state index in [4.69, 9.17) is 20.3 Å². The van der Waals surface area contributed by atoms with Crippen molar-refractivity contribution < 1.29 is 14.6 Å². The van der Waals surface area contributed by atoms with Gasteiger partial charge in [-0.25, -0.2) is 0 Å². The lowest BCUT2D eigenvalue weighted by Crippen LogP contribution is -2.36. The van der Waals surface area contributed by atoms with Crippen LogP contribution in [0, 0.1) is 0 Å². The second kappa shape index (κ2) is 4.66. The van der Waals surface area contributed by atoms with Crippen molar-refractivity contribution in [1.29, 1.82) is 0 Å². The van der Waals surface area contributed by atoms with Gasteiger partial charge in [0, 0.05) is 6.04 Å². The summed E-state index contributed by atoms with van der Waals surface area (Å²) in [6.07, 6.45) is 0.752. The molecule has 3 N–H and O–H groups in total. The van der Waals surface area contributed by atoms with E-state index in [2.05, 4.69) is 0 Å². The van der Waals surface area contributed by atoms with E-state index >= 15 is 0 Å². The first-order chi connectivity index (χ1) is 5.33. The van der Waals surface area contributed by atoms with Crippen molar-refractivity contribution in [2.24, 2.45) is 5.73 Å². The largest absolute Gasteiger partial charge is 0.395 e. The summed E-state index contributed by atoms with van der Waals surface area (Å²) in [6.45, 7) is 1.93. The summed E-state index contributed by atoms with van der Waals surface area (Å²) in [6, 6.07) is -0.179. The fourth-order valence-corrected chi connectivity index (χ4v) is 1.08. The van der Waals surface area contributed by atoms with Gasteiger partial charge in [0.15, 0.2) is 0 Å². The van der Waals surface area contributed by atoms with Gasteiger partial charge in [0.2, 0.25) is 0 Å². The van der Waals surface area contributed by atoms with E-state index in [-0.39, 0.29) is 18.8 Å². The Hall–Kier alpha value is -0.160. The smallest absolute Gasteiger partial charge is 0.0825 e. The van der Waals surface area contributed by atoms with Crippen LogP contribution in [0.5, 0.6) is 0 Å². The first kappa shape index (κ1) is 8.93. The van der Waals surface area contributed by atoms with Crippen molar-refractivity contribution in [1.82, 2.24) is 0 Å². The molecule has 0 amide bonds. The van der Waals surface area contributed by atoms with Crippen LogP contribution in [-0.2, 0) is 9.47 Å². The van der Waals surface area contributed by atoms with E-state index in [0.29, 0.717) is 26.2 Å². The van der Waals surface area contributed by atoms with Crippen LogP contribution < -0.4 is 5.73 Å². The van der Waals surface area contributed by atoms with Gasteiger partial charge in [0.05, 0.1) is 32.5 Å². The van der Waals surface area contributed by atoms with Gasteiger partial charge in [-0.3, -0.25) is 0 Å². The molecule has 0 bridgehead atoms. The summed E-state index contributed by atoms with van der Waals surface area (Å²) in [5.41, 5.74) is 5.52. The van der Waals surface area contributed by atoms with Crippen molar-refractivity contribution in [3.8, 4) is 0 Å². The number of ether oxygens (including phenoxy) is 2. The normalized spacial score (nSPS) is 28.4. The molecule has 0 aromatic carbocycles. The van der Waals surface area contributed by atoms with Gasteiger partial charge in [-0.15, -0.1) is 0 Å². The Balaban J connectivity index is 2.13. The van der Waals surface area contributed by atoms with Gasteiger partial charge in [0.1, 0.15) is 0 Å². The molecule has 0 saturated carbocycles. The van der Waals surface area contributed by atoms with Crippen LogP contribution in [-0.4, -0.2) is 43.7 Å². The molecular formula is C7H15NO3. The molecule has 1 fully saturated rings. The van der Waals surface area contributed by atoms with E-state index in [1.807, 2.05) is 0 Å². The number of rotatable bonds is 3. The summed E-state index contributed by atoms with van der Waals surface area (Å²) in [4.78, 5) is 0.